The molecule has 2 aromatic carbocycles. The van der Waals surface area contributed by atoms with Crippen LogP contribution in [0.15, 0.2) is 65.9 Å². The number of halogens is 4. The van der Waals surface area contributed by atoms with Crippen LogP contribution in [0.4, 0.5) is 23.2 Å². The number of anilines is 1. The highest BCUT2D eigenvalue weighted by atomic mass is 19.2. The quantitative estimate of drug-likeness (QED) is 0.393. The molecule has 1 amide bonds. The lowest BCUT2D eigenvalue weighted by molar-refractivity contribution is 0.0976. The number of rotatable bonds is 4. The van der Waals surface area contributed by atoms with Crippen molar-refractivity contribution in [3.05, 3.63) is 95.3 Å². The minimum atomic E-state index is -1.19. The van der Waals surface area contributed by atoms with Gasteiger partial charge in [-0.2, -0.15) is 0 Å². The molecule has 0 atom stereocenters. The predicted molar refractivity (Wildman–Crippen MR) is 99.2 cm³/mol. The normalized spacial score (nSPS) is 11.2. The van der Waals surface area contributed by atoms with Gasteiger partial charge >= 0.3 is 0 Å². The van der Waals surface area contributed by atoms with Gasteiger partial charge in [0.1, 0.15) is 11.6 Å². The minimum absolute atomic E-state index is 0.00183. The molecular formula is C20H14F4N4O. The van der Waals surface area contributed by atoms with Gasteiger partial charge in [-0.3, -0.25) is 15.1 Å². The number of nitrogens with one attached hydrogen (secondary N) is 2. The SMILES string of the molecule is O=C(NC(=NCc1cccnc1)Nc1cc(F)cc(F)c1)c1ccc(F)c(F)c1. The molecule has 0 bridgehead atoms. The number of hydrogen-bond acceptors (Lipinski definition) is 3. The summed E-state index contributed by atoms with van der Waals surface area (Å²) in [5, 5.41) is 4.99. The lowest BCUT2D eigenvalue weighted by atomic mass is 10.2. The molecule has 0 fully saturated rings. The standard InChI is InChI=1S/C20H14F4N4O/c21-14-7-15(22)9-16(8-14)27-20(26-11-12-2-1-5-25-10-12)28-19(29)13-3-4-17(23)18(24)6-13/h1-10H,11H2,(H2,26,27,28,29). The molecule has 0 radical (unpaired) electrons. The van der Waals surface area contributed by atoms with Gasteiger partial charge in [-0.05, 0) is 42.0 Å². The van der Waals surface area contributed by atoms with E-state index in [0.717, 1.165) is 30.3 Å². The molecule has 0 saturated carbocycles. The van der Waals surface area contributed by atoms with Gasteiger partial charge in [-0.15, -0.1) is 0 Å². The molecule has 9 heteroatoms. The predicted octanol–water partition coefficient (Wildman–Crippen LogP) is 4.04. The van der Waals surface area contributed by atoms with E-state index in [9.17, 15) is 22.4 Å². The molecule has 2 N–H and O–H groups in total. The smallest absolute Gasteiger partial charge is 0.258 e. The van der Waals surface area contributed by atoms with E-state index in [1.54, 1.807) is 24.5 Å². The Morgan fingerprint density at radius 3 is 2.38 bits per heavy atom. The number of pyridine rings is 1. The molecule has 0 aliphatic heterocycles. The summed E-state index contributed by atoms with van der Waals surface area (Å²) in [6.45, 7) is 0.0893. The van der Waals surface area contributed by atoms with Gasteiger partial charge in [0, 0.05) is 29.7 Å². The van der Waals surface area contributed by atoms with Crippen LogP contribution in [0.5, 0.6) is 0 Å². The molecule has 0 unspecified atom stereocenters. The maximum absolute atomic E-state index is 13.4. The van der Waals surface area contributed by atoms with E-state index in [0.29, 0.717) is 11.6 Å². The molecular weight excluding hydrogens is 388 g/mol. The first-order chi connectivity index (χ1) is 13.9. The first-order valence-electron chi connectivity index (χ1n) is 8.33. The van der Waals surface area contributed by atoms with E-state index in [-0.39, 0.29) is 23.8 Å². The fraction of sp³-hybridized carbons (Fsp3) is 0.0500. The number of carbonyl (C=O) groups excluding carboxylic acids is 1. The Hall–Kier alpha value is -3.75. The summed E-state index contributed by atoms with van der Waals surface area (Å²) < 4.78 is 53.4. The van der Waals surface area contributed by atoms with Gasteiger partial charge in [-0.1, -0.05) is 6.07 Å². The second-order valence-electron chi connectivity index (χ2n) is 5.89. The summed E-state index contributed by atoms with van der Waals surface area (Å²) >= 11 is 0. The highest BCUT2D eigenvalue weighted by Crippen LogP contribution is 2.13. The van der Waals surface area contributed by atoms with Gasteiger partial charge in [-0.25, -0.2) is 22.6 Å². The highest BCUT2D eigenvalue weighted by Gasteiger charge is 2.13. The van der Waals surface area contributed by atoms with Crippen LogP contribution in [0.1, 0.15) is 15.9 Å². The zero-order chi connectivity index (χ0) is 20.8. The summed E-state index contributed by atoms with van der Waals surface area (Å²) in [5.74, 6) is -4.88. The first kappa shape index (κ1) is 20.0. The molecule has 0 spiro atoms. The molecule has 0 aliphatic carbocycles. The van der Waals surface area contributed by atoms with Crippen molar-refractivity contribution in [3.8, 4) is 0 Å². The van der Waals surface area contributed by atoms with Crippen LogP contribution in [0.3, 0.4) is 0 Å². The van der Waals surface area contributed by atoms with Crippen molar-refractivity contribution < 1.29 is 22.4 Å². The average molecular weight is 402 g/mol. The van der Waals surface area contributed by atoms with Crippen molar-refractivity contribution in [1.29, 1.82) is 0 Å². The summed E-state index contributed by atoms with van der Waals surface area (Å²) in [5.41, 5.74) is 0.544. The zero-order valence-electron chi connectivity index (χ0n) is 14.8. The fourth-order valence-corrected chi connectivity index (χ4v) is 2.35. The van der Waals surface area contributed by atoms with Gasteiger partial charge < -0.3 is 5.32 Å². The molecule has 0 aliphatic rings. The molecule has 0 saturated heterocycles. The van der Waals surface area contributed by atoms with Crippen LogP contribution >= 0.6 is 0 Å². The van der Waals surface area contributed by atoms with Crippen LogP contribution in [-0.4, -0.2) is 16.9 Å². The van der Waals surface area contributed by atoms with Gasteiger partial charge in [0.15, 0.2) is 11.6 Å². The lowest BCUT2D eigenvalue weighted by Gasteiger charge is -2.12. The number of carbonyl (C=O) groups is 1. The van der Waals surface area contributed by atoms with E-state index in [1.165, 1.54) is 0 Å². The Kier molecular flexibility index (Phi) is 6.18. The van der Waals surface area contributed by atoms with Crippen molar-refractivity contribution in [2.45, 2.75) is 6.54 Å². The minimum Gasteiger partial charge on any atom is -0.326 e. The van der Waals surface area contributed by atoms with E-state index in [1.807, 2.05) is 0 Å². The summed E-state index contributed by atoms with van der Waals surface area (Å²) in [6, 6.07) is 8.77. The highest BCUT2D eigenvalue weighted by molar-refractivity contribution is 6.09. The van der Waals surface area contributed by atoms with Crippen molar-refractivity contribution >= 4 is 17.6 Å². The van der Waals surface area contributed by atoms with Crippen LogP contribution in [0, 0.1) is 23.3 Å². The average Bonchev–Trinajstić information content (AvgIpc) is 2.68. The molecule has 5 nitrogen and oxygen atoms in total. The number of nitrogens with zero attached hydrogens (tertiary/aromatic N) is 2. The Balaban J connectivity index is 1.84. The monoisotopic (exact) mass is 402 g/mol. The number of guanidine groups is 1. The van der Waals surface area contributed by atoms with Crippen molar-refractivity contribution in [2.75, 3.05) is 5.32 Å². The molecule has 3 aromatic rings. The second-order valence-corrected chi connectivity index (χ2v) is 5.89. The van der Waals surface area contributed by atoms with E-state index in [2.05, 4.69) is 20.6 Å². The first-order valence-corrected chi connectivity index (χ1v) is 8.33. The largest absolute Gasteiger partial charge is 0.326 e. The number of hydrogen-bond donors (Lipinski definition) is 2. The third kappa shape index (κ3) is 5.61. The third-order valence-electron chi connectivity index (χ3n) is 3.68. The van der Waals surface area contributed by atoms with Crippen LogP contribution in [0.25, 0.3) is 0 Å². The van der Waals surface area contributed by atoms with Crippen molar-refractivity contribution in [2.24, 2.45) is 4.99 Å². The van der Waals surface area contributed by atoms with Crippen molar-refractivity contribution in [3.63, 3.8) is 0 Å². The Labute approximate surface area is 163 Å². The Bertz CT molecular complexity index is 1040. The Morgan fingerprint density at radius 2 is 1.72 bits per heavy atom. The molecule has 148 valence electrons. The summed E-state index contributed by atoms with van der Waals surface area (Å²) in [7, 11) is 0. The molecule has 1 aromatic heterocycles. The van der Waals surface area contributed by atoms with Crippen LogP contribution in [-0.2, 0) is 6.54 Å². The third-order valence-corrected chi connectivity index (χ3v) is 3.68. The number of benzene rings is 2. The van der Waals surface area contributed by atoms with Crippen LogP contribution in [0.2, 0.25) is 0 Å². The van der Waals surface area contributed by atoms with Gasteiger partial charge in [0.05, 0.1) is 6.54 Å². The fourth-order valence-electron chi connectivity index (χ4n) is 2.35. The van der Waals surface area contributed by atoms with E-state index < -0.39 is 29.2 Å². The zero-order valence-corrected chi connectivity index (χ0v) is 14.8. The van der Waals surface area contributed by atoms with Gasteiger partial charge in [0.2, 0.25) is 5.96 Å². The molecule has 1 heterocycles. The van der Waals surface area contributed by atoms with E-state index >= 15 is 0 Å². The Morgan fingerprint density at radius 1 is 0.966 bits per heavy atom. The summed E-state index contributed by atoms with van der Waals surface area (Å²) in [4.78, 5) is 20.5. The second kappa shape index (κ2) is 8.96. The molecule has 29 heavy (non-hydrogen) atoms. The maximum Gasteiger partial charge on any atom is 0.258 e. The van der Waals surface area contributed by atoms with E-state index in [4.69, 9.17) is 0 Å². The summed E-state index contributed by atoms with van der Waals surface area (Å²) in [6.07, 6.45) is 3.13. The number of amides is 1. The van der Waals surface area contributed by atoms with Gasteiger partial charge in [0.25, 0.3) is 5.91 Å². The van der Waals surface area contributed by atoms with Crippen molar-refractivity contribution in [1.82, 2.24) is 10.3 Å². The number of aromatic nitrogens is 1. The molecule has 3 rings (SSSR count). The topological polar surface area (TPSA) is 66.4 Å². The maximum atomic E-state index is 13.4. The lowest BCUT2D eigenvalue weighted by Crippen LogP contribution is -2.36. The van der Waals surface area contributed by atoms with Crippen LogP contribution < -0.4 is 10.6 Å². The number of aliphatic imine (C=N–C) groups is 1.